The molecular weight excluding hydrogens is 206 g/mol. The summed E-state index contributed by atoms with van der Waals surface area (Å²) >= 11 is 0. The molecule has 3 rings (SSSR count). The van der Waals surface area contributed by atoms with Gasteiger partial charge in [-0.1, -0.05) is 32.9 Å². The molecule has 17 heavy (non-hydrogen) atoms. The van der Waals surface area contributed by atoms with E-state index in [0.29, 0.717) is 10.8 Å². The Bertz CT molecular complexity index is 330. The van der Waals surface area contributed by atoms with E-state index in [1.807, 2.05) is 0 Å². The Morgan fingerprint density at radius 1 is 1.12 bits per heavy atom. The molecule has 4 atom stereocenters. The minimum absolute atomic E-state index is 0.541. The molecule has 96 valence electrons. The summed E-state index contributed by atoms with van der Waals surface area (Å²) in [5, 5.41) is 3.99. The van der Waals surface area contributed by atoms with Crippen molar-refractivity contribution in [3.63, 3.8) is 0 Å². The van der Waals surface area contributed by atoms with Gasteiger partial charge in [-0.25, -0.2) is 0 Å². The molecule has 2 saturated carbocycles. The minimum Gasteiger partial charge on any atom is -0.310 e. The normalized spacial score (nSPS) is 47.6. The Hall–Kier alpha value is -0.300. The number of fused-ring (bicyclic) bond motifs is 2. The molecule has 0 heterocycles. The maximum atomic E-state index is 3.99. The summed E-state index contributed by atoms with van der Waals surface area (Å²) in [5.41, 5.74) is 1.09. The van der Waals surface area contributed by atoms with Crippen LogP contribution in [0, 0.1) is 16.7 Å². The Morgan fingerprint density at radius 2 is 1.94 bits per heavy atom. The second kappa shape index (κ2) is 3.85. The fourth-order valence-electron chi connectivity index (χ4n) is 4.69. The van der Waals surface area contributed by atoms with E-state index in [1.165, 1.54) is 38.5 Å². The summed E-state index contributed by atoms with van der Waals surface area (Å²) in [6.07, 6.45) is 12.9. The lowest BCUT2D eigenvalue weighted by Gasteiger charge is -2.41. The lowest BCUT2D eigenvalue weighted by Crippen LogP contribution is -2.48. The van der Waals surface area contributed by atoms with Crippen molar-refractivity contribution in [1.82, 2.24) is 5.32 Å². The molecule has 3 aliphatic carbocycles. The molecule has 3 aliphatic rings. The number of hydrogen-bond donors (Lipinski definition) is 1. The molecule has 0 aliphatic heterocycles. The van der Waals surface area contributed by atoms with E-state index in [-0.39, 0.29) is 0 Å². The fourth-order valence-corrected chi connectivity index (χ4v) is 4.69. The number of hydrogen-bond acceptors (Lipinski definition) is 1. The van der Waals surface area contributed by atoms with Gasteiger partial charge in [0.1, 0.15) is 0 Å². The quantitative estimate of drug-likeness (QED) is 0.713. The van der Waals surface area contributed by atoms with Crippen LogP contribution in [-0.2, 0) is 0 Å². The second-order valence-electron chi connectivity index (χ2n) is 7.31. The van der Waals surface area contributed by atoms with E-state index < -0.39 is 0 Å². The average Bonchev–Trinajstić information content (AvgIpc) is 2.63. The molecule has 0 aromatic heterocycles. The summed E-state index contributed by atoms with van der Waals surface area (Å²) in [7, 11) is 0. The van der Waals surface area contributed by atoms with E-state index in [0.717, 1.165) is 18.0 Å². The van der Waals surface area contributed by atoms with E-state index in [1.54, 1.807) is 0 Å². The molecule has 4 unspecified atom stereocenters. The molecular formula is C16H27N. The number of allylic oxidation sites excluding steroid dienone is 1. The van der Waals surface area contributed by atoms with Gasteiger partial charge in [0, 0.05) is 12.1 Å². The van der Waals surface area contributed by atoms with Crippen molar-refractivity contribution in [2.24, 2.45) is 16.7 Å². The molecule has 2 fully saturated rings. The Morgan fingerprint density at radius 3 is 2.47 bits per heavy atom. The molecule has 1 heteroatoms. The van der Waals surface area contributed by atoms with Crippen LogP contribution < -0.4 is 5.32 Å². The fraction of sp³-hybridized carbons (Fsp3) is 0.875. The van der Waals surface area contributed by atoms with Gasteiger partial charge < -0.3 is 5.32 Å². The van der Waals surface area contributed by atoms with Crippen LogP contribution in [0.15, 0.2) is 12.2 Å². The van der Waals surface area contributed by atoms with Gasteiger partial charge in [-0.2, -0.15) is 0 Å². The predicted octanol–water partition coefficient (Wildman–Crippen LogP) is 3.90. The van der Waals surface area contributed by atoms with E-state index in [2.05, 4.69) is 38.2 Å². The van der Waals surface area contributed by atoms with Gasteiger partial charge in [-0.05, 0) is 55.3 Å². The van der Waals surface area contributed by atoms with E-state index >= 15 is 0 Å². The van der Waals surface area contributed by atoms with Gasteiger partial charge in [0.15, 0.2) is 0 Å². The molecule has 0 aromatic carbocycles. The van der Waals surface area contributed by atoms with Gasteiger partial charge in [0.05, 0.1) is 0 Å². The summed E-state index contributed by atoms with van der Waals surface area (Å²) < 4.78 is 0. The summed E-state index contributed by atoms with van der Waals surface area (Å²) in [6.45, 7) is 7.55. The van der Waals surface area contributed by atoms with Crippen molar-refractivity contribution in [3.05, 3.63) is 12.2 Å². The SMILES string of the molecule is CC1(C)C2CCC1(C)C(NC1CC=CCC1)C2. The van der Waals surface area contributed by atoms with Crippen molar-refractivity contribution < 1.29 is 0 Å². The van der Waals surface area contributed by atoms with Crippen LogP contribution in [0.25, 0.3) is 0 Å². The zero-order chi connectivity index (χ0) is 12.1. The molecule has 1 nitrogen and oxygen atoms in total. The largest absolute Gasteiger partial charge is 0.310 e. The summed E-state index contributed by atoms with van der Waals surface area (Å²) in [4.78, 5) is 0. The highest BCUT2D eigenvalue weighted by atomic mass is 15.0. The smallest absolute Gasteiger partial charge is 0.0132 e. The monoisotopic (exact) mass is 233 g/mol. The van der Waals surface area contributed by atoms with Crippen molar-refractivity contribution in [2.45, 2.75) is 71.4 Å². The molecule has 2 bridgehead atoms. The van der Waals surface area contributed by atoms with Crippen LogP contribution in [0.4, 0.5) is 0 Å². The molecule has 0 spiro atoms. The topological polar surface area (TPSA) is 12.0 Å². The Labute approximate surface area is 106 Å². The summed E-state index contributed by atoms with van der Waals surface area (Å²) in [5.74, 6) is 0.962. The van der Waals surface area contributed by atoms with Gasteiger partial charge in [0.2, 0.25) is 0 Å². The third-order valence-corrected chi connectivity index (χ3v) is 6.50. The lowest BCUT2D eigenvalue weighted by molar-refractivity contribution is 0.114. The standard InChI is InChI=1S/C16H27N/c1-15(2)12-9-10-16(15,3)14(11-12)17-13-7-5-4-6-8-13/h4-5,12-14,17H,6-11H2,1-3H3. The van der Waals surface area contributed by atoms with Crippen LogP contribution >= 0.6 is 0 Å². The van der Waals surface area contributed by atoms with Crippen LogP contribution in [-0.4, -0.2) is 12.1 Å². The molecule has 0 saturated heterocycles. The maximum absolute atomic E-state index is 3.99. The van der Waals surface area contributed by atoms with Crippen LogP contribution in [0.3, 0.4) is 0 Å². The summed E-state index contributed by atoms with van der Waals surface area (Å²) in [6, 6.07) is 1.52. The van der Waals surface area contributed by atoms with Gasteiger partial charge in [-0.15, -0.1) is 0 Å². The lowest BCUT2D eigenvalue weighted by atomic mass is 9.69. The van der Waals surface area contributed by atoms with Crippen molar-refractivity contribution >= 4 is 0 Å². The van der Waals surface area contributed by atoms with Gasteiger partial charge >= 0.3 is 0 Å². The number of rotatable bonds is 2. The van der Waals surface area contributed by atoms with E-state index in [4.69, 9.17) is 0 Å². The minimum atomic E-state index is 0.541. The highest BCUT2D eigenvalue weighted by Gasteiger charge is 2.61. The molecule has 0 aromatic rings. The van der Waals surface area contributed by atoms with Crippen molar-refractivity contribution in [3.8, 4) is 0 Å². The number of nitrogens with one attached hydrogen (secondary N) is 1. The second-order valence-corrected chi connectivity index (χ2v) is 7.31. The zero-order valence-electron chi connectivity index (χ0n) is 11.6. The van der Waals surface area contributed by atoms with Crippen LogP contribution in [0.2, 0.25) is 0 Å². The van der Waals surface area contributed by atoms with Crippen LogP contribution in [0.5, 0.6) is 0 Å². The van der Waals surface area contributed by atoms with Crippen molar-refractivity contribution in [1.29, 1.82) is 0 Å². The Kier molecular flexibility index (Phi) is 2.66. The highest BCUT2D eigenvalue weighted by Crippen LogP contribution is 2.65. The third kappa shape index (κ3) is 1.62. The molecule has 1 N–H and O–H groups in total. The molecule has 0 radical (unpaired) electrons. The van der Waals surface area contributed by atoms with Gasteiger partial charge in [-0.3, -0.25) is 0 Å². The first-order valence-corrected chi connectivity index (χ1v) is 7.45. The first-order chi connectivity index (χ1) is 8.04. The molecule has 0 amide bonds. The van der Waals surface area contributed by atoms with Crippen molar-refractivity contribution in [2.75, 3.05) is 0 Å². The Balaban J connectivity index is 1.72. The third-order valence-electron chi connectivity index (χ3n) is 6.50. The maximum Gasteiger partial charge on any atom is 0.0132 e. The first kappa shape index (κ1) is 11.8. The average molecular weight is 233 g/mol. The zero-order valence-corrected chi connectivity index (χ0v) is 11.6. The van der Waals surface area contributed by atoms with Gasteiger partial charge in [0.25, 0.3) is 0 Å². The van der Waals surface area contributed by atoms with Crippen LogP contribution in [0.1, 0.15) is 59.3 Å². The van der Waals surface area contributed by atoms with E-state index in [9.17, 15) is 0 Å². The first-order valence-electron chi connectivity index (χ1n) is 7.45. The highest BCUT2D eigenvalue weighted by molar-refractivity contribution is 5.13. The predicted molar refractivity (Wildman–Crippen MR) is 72.9 cm³/mol.